The van der Waals surface area contributed by atoms with Crippen LogP contribution in [0.2, 0.25) is 5.02 Å². The number of aliphatic hydroxyl groups excluding tert-OH is 1. The number of nitrogens with zero attached hydrogens (tertiary/aromatic N) is 5. The van der Waals surface area contributed by atoms with E-state index in [0.29, 0.717) is 11.5 Å². The molecular formula is C20H17BrClN7O3. The first kappa shape index (κ1) is 21.9. The van der Waals surface area contributed by atoms with Crippen LogP contribution >= 0.6 is 27.5 Å². The van der Waals surface area contributed by atoms with Gasteiger partial charge in [0.1, 0.15) is 23.5 Å². The molecule has 4 aromatic rings. The van der Waals surface area contributed by atoms with Gasteiger partial charge in [-0.1, -0.05) is 39.7 Å². The van der Waals surface area contributed by atoms with Crippen molar-refractivity contribution in [2.75, 3.05) is 11.9 Å². The molecule has 0 bridgehead atoms. The number of aliphatic hydroxyl groups is 1. The predicted octanol–water partition coefficient (Wildman–Crippen LogP) is 3.49. The number of rotatable bonds is 7. The summed E-state index contributed by atoms with van der Waals surface area (Å²) in [4.78, 5) is 25.4. The molecule has 0 saturated heterocycles. The molecule has 0 unspecified atom stereocenters. The molecular weight excluding hydrogens is 502 g/mol. The standard InChI is InChI=1S/C20H17BrClN7O3/c1-29-16(5-6-24-29)27-20-23-8-13(22)17(28-20)15-10-32-19(26-15)18(31)25-14(9-30)11-3-2-4-12(21)7-11/h2-8,10,14,30H,9H2,1H3,(H,25,31)(H,23,27,28)/t14-/m1/s1. The number of halogens is 2. The van der Waals surface area contributed by atoms with E-state index in [2.05, 4.69) is 46.6 Å². The molecule has 0 aliphatic rings. The van der Waals surface area contributed by atoms with Gasteiger partial charge in [-0.05, 0) is 17.7 Å². The highest BCUT2D eigenvalue weighted by molar-refractivity contribution is 9.10. The molecule has 3 aromatic heterocycles. The van der Waals surface area contributed by atoms with Crippen molar-refractivity contribution in [2.45, 2.75) is 6.04 Å². The van der Waals surface area contributed by atoms with Crippen LogP contribution in [0, 0.1) is 0 Å². The average molecular weight is 519 g/mol. The van der Waals surface area contributed by atoms with Gasteiger partial charge in [-0.2, -0.15) is 5.10 Å². The lowest BCUT2D eigenvalue weighted by molar-refractivity contribution is 0.0881. The van der Waals surface area contributed by atoms with Crippen molar-refractivity contribution in [3.05, 3.63) is 69.9 Å². The second-order valence-corrected chi connectivity index (χ2v) is 7.98. The van der Waals surface area contributed by atoms with Gasteiger partial charge in [0.05, 0.1) is 30.1 Å². The van der Waals surface area contributed by atoms with E-state index in [0.717, 1.165) is 10.0 Å². The number of aromatic nitrogens is 5. The molecule has 0 aliphatic carbocycles. The number of anilines is 2. The summed E-state index contributed by atoms with van der Waals surface area (Å²) in [5, 5.41) is 19.7. The summed E-state index contributed by atoms with van der Waals surface area (Å²) in [6.07, 6.45) is 4.34. The topological polar surface area (TPSA) is 131 Å². The Kier molecular flexibility index (Phi) is 6.49. The first-order valence-electron chi connectivity index (χ1n) is 9.35. The Morgan fingerprint density at radius 3 is 2.91 bits per heavy atom. The van der Waals surface area contributed by atoms with Crippen LogP contribution in [0.4, 0.5) is 11.8 Å². The van der Waals surface area contributed by atoms with E-state index < -0.39 is 11.9 Å². The fraction of sp³-hybridized carbons (Fsp3) is 0.150. The summed E-state index contributed by atoms with van der Waals surface area (Å²) < 4.78 is 7.79. The molecule has 1 aromatic carbocycles. The number of aryl methyl sites for hydroxylation is 1. The molecule has 0 fully saturated rings. The quantitative estimate of drug-likeness (QED) is 0.339. The van der Waals surface area contributed by atoms with E-state index in [-0.39, 0.29) is 29.2 Å². The summed E-state index contributed by atoms with van der Waals surface area (Å²) in [7, 11) is 1.77. The second-order valence-electron chi connectivity index (χ2n) is 6.66. The summed E-state index contributed by atoms with van der Waals surface area (Å²) >= 11 is 9.62. The zero-order chi connectivity index (χ0) is 22.7. The lowest BCUT2D eigenvalue weighted by Crippen LogP contribution is -2.31. The molecule has 3 N–H and O–H groups in total. The largest absolute Gasteiger partial charge is 0.440 e. The smallest absolute Gasteiger partial charge is 0.307 e. The number of carbonyl (C=O) groups is 1. The zero-order valence-corrected chi connectivity index (χ0v) is 19.0. The summed E-state index contributed by atoms with van der Waals surface area (Å²) in [5.41, 5.74) is 1.28. The maximum Gasteiger partial charge on any atom is 0.307 e. The molecule has 10 nitrogen and oxygen atoms in total. The summed E-state index contributed by atoms with van der Waals surface area (Å²) in [5.74, 6) is 0.177. The Bertz CT molecular complexity index is 1260. The molecule has 4 rings (SSSR count). The second kappa shape index (κ2) is 9.47. The molecule has 164 valence electrons. The van der Waals surface area contributed by atoms with Crippen LogP contribution < -0.4 is 10.6 Å². The van der Waals surface area contributed by atoms with Crippen LogP contribution in [0.5, 0.6) is 0 Å². The Balaban J connectivity index is 1.53. The first-order chi connectivity index (χ1) is 15.4. The summed E-state index contributed by atoms with van der Waals surface area (Å²) in [6, 6.07) is 8.39. The molecule has 0 radical (unpaired) electrons. The number of amides is 1. The molecule has 32 heavy (non-hydrogen) atoms. The van der Waals surface area contributed by atoms with Gasteiger partial charge in [0.2, 0.25) is 5.95 Å². The molecule has 0 spiro atoms. The van der Waals surface area contributed by atoms with Gasteiger partial charge in [0, 0.05) is 17.6 Å². The minimum Gasteiger partial charge on any atom is -0.440 e. The third-order valence-electron chi connectivity index (χ3n) is 4.48. The number of nitrogens with one attached hydrogen (secondary N) is 2. The number of hydrogen-bond donors (Lipinski definition) is 3. The third kappa shape index (κ3) is 4.79. The molecule has 1 amide bonds. The van der Waals surface area contributed by atoms with Gasteiger partial charge in [-0.3, -0.25) is 9.48 Å². The highest BCUT2D eigenvalue weighted by Gasteiger charge is 2.21. The zero-order valence-electron chi connectivity index (χ0n) is 16.7. The van der Waals surface area contributed by atoms with Crippen molar-refractivity contribution in [3.63, 3.8) is 0 Å². The van der Waals surface area contributed by atoms with E-state index in [4.69, 9.17) is 16.0 Å². The highest BCUT2D eigenvalue weighted by Crippen LogP contribution is 2.27. The maximum atomic E-state index is 12.6. The van der Waals surface area contributed by atoms with E-state index in [9.17, 15) is 9.90 Å². The fourth-order valence-electron chi connectivity index (χ4n) is 2.88. The minimum absolute atomic E-state index is 0.190. The van der Waals surface area contributed by atoms with Gasteiger partial charge in [-0.25, -0.2) is 15.0 Å². The van der Waals surface area contributed by atoms with Crippen LogP contribution in [0.25, 0.3) is 11.4 Å². The van der Waals surface area contributed by atoms with Crippen LogP contribution in [-0.4, -0.2) is 42.4 Å². The molecule has 3 heterocycles. The van der Waals surface area contributed by atoms with Gasteiger partial charge >= 0.3 is 5.91 Å². The fourth-order valence-corrected chi connectivity index (χ4v) is 3.49. The molecule has 12 heteroatoms. The van der Waals surface area contributed by atoms with E-state index in [1.54, 1.807) is 36.1 Å². The normalized spacial score (nSPS) is 11.9. The Morgan fingerprint density at radius 1 is 1.34 bits per heavy atom. The van der Waals surface area contributed by atoms with Crippen molar-refractivity contribution in [3.8, 4) is 11.4 Å². The van der Waals surface area contributed by atoms with Crippen LogP contribution in [0.1, 0.15) is 22.3 Å². The Hall–Kier alpha value is -3.28. The van der Waals surface area contributed by atoms with Gasteiger partial charge < -0.3 is 20.2 Å². The molecule has 0 aliphatic heterocycles. The van der Waals surface area contributed by atoms with Crippen molar-refractivity contribution < 1.29 is 14.3 Å². The molecule has 1 atom stereocenters. The number of benzene rings is 1. The van der Waals surface area contributed by atoms with Crippen molar-refractivity contribution in [2.24, 2.45) is 7.05 Å². The van der Waals surface area contributed by atoms with E-state index in [1.807, 2.05) is 12.1 Å². The third-order valence-corrected chi connectivity index (χ3v) is 5.25. The molecule has 0 saturated carbocycles. The first-order valence-corrected chi connectivity index (χ1v) is 10.5. The van der Waals surface area contributed by atoms with Crippen molar-refractivity contribution >= 4 is 45.2 Å². The van der Waals surface area contributed by atoms with Gasteiger partial charge in [0.25, 0.3) is 5.89 Å². The van der Waals surface area contributed by atoms with Gasteiger partial charge in [0.15, 0.2) is 0 Å². The lowest BCUT2D eigenvalue weighted by Gasteiger charge is -2.15. The van der Waals surface area contributed by atoms with E-state index in [1.165, 1.54) is 12.5 Å². The lowest BCUT2D eigenvalue weighted by atomic mass is 10.1. The van der Waals surface area contributed by atoms with Crippen LogP contribution in [-0.2, 0) is 7.05 Å². The summed E-state index contributed by atoms with van der Waals surface area (Å²) in [6.45, 7) is -0.295. The highest BCUT2D eigenvalue weighted by atomic mass is 79.9. The van der Waals surface area contributed by atoms with Crippen LogP contribution in [0.3, 0.4) is 0 Å². The maximum absolute atomic E-state index is 12.6. The Morgan fingerprint density at radius 2 is 2.19 bits per heavy atom. The average Bonchev–Trinajstić information content (AvgIpc) is 3.43. The predicted molar refractivity (Wildman–Crippen MR) is 120 cm³/mol. The van der Waals surface area contributed by atoms with E-state index >= 15 is 0 Å². The SMILES string of the molecule is Cn1nccc1Nc1ncc(Cl)c(-c2coc(C(=O)N[C@H](CO)c3cccc(Br)c3)n2)n1. The minimum atomic E-state index is -0.632. The number of hydrogen-bond acceptors (Lipinski definition) is 8. The van der Waals surface area contributed by atoms with Crippen molar-refractivity contribution in [1.29, 1.82) is 0 Å². The monoisotopic (exact) mass is 517 g/mol. The van der Waals surface area contributed by atoms with Gasteiger partial charge in [-0.15, -0.1) is 0 Å². The van der Waals surface area contributed by atoms with Crippen LogP contribution in [0.15, 0.2) is 57.9 Å². The number of carbonyl (C=O) groups excluding carboxylic acids is 1. The number of oxazole rings is 1. The van der Waals surface area contributed by atoms with Crippen molar-refractivity contribution in [1.82, 2.24) is 30.0 Å². The Labute approximate surface area is 195 Å².